The maximum atomic E-state index is 13.7. The van der Waals surface area contributed by atoms with Crippen LogP contribution < -0.4 is 16.0 Å². The van der Waals surface area contributed by atoms with Crippen molar-refractivity contribution in [2.75, 3.05) is 5.75 Å². The highest BCUT2D eigenvalue weighted by molar-refractivity contribution is 8.01. The summed E-state index contributed by atoms with van der Waals surface area (Å²) in [5.74, 6) is -0.472. The van der Waals surface area contributed by atoms with Crippen molar-refractivity contribution in [3.63, 3.8) is 0 Å². The molecule has 4 atom stereocenters. The maximum Gasteiger partial charge on any atom is 0.408 e. The number of rotatable bonds is 15. The molecule has 0 saturated heterocycles. The van der Waals surface area contributed by atoms with Gasteiger partial charge in [0.1, 0.15) is 22.0 Å². The van der Waals surface area contributed by atoms with Gasteiger partial charge in [-0.2, -0.15) is 0 Å². The molecule has 0 bridgehead atoms. The molecule has 1 unspecified atom stereocenters. The van der Waals surface area contributed by atoms with E-state index in [1.54, 1.807) is 33.2 Å². The zero-order chi connectivity index (χ0) is 31.4. The first kappa shape index (κ1) is 34.1. The molecule has 234 valence electrons. The number of benzene rings is 1. The first-order chi connectivity index (χ1) is 20.4. The van der Waals surface area contributed by atoms with Crippen molar-refractivity contribution in [1.82, 2.24) is 30.9 Å². The molecule has 3 amide bonds. The molecule has 43 heavy (non-hydrogen) atoms. The monoisotopic (exact) mass is 630 g/mol. The molecule has 0 aliphatic rings. The number of aromatic amines is 1. The number of carbonyl (C=O) groups is 3. The molecule has 3 rings (SSSR count). The zero-order valence-electron chi connectivity index (χ0n) is 25.2. The van der Waals surface area contributed by atoms with Crippen LogP contribution in [-0.4, -0.2) is 73.5 Å². The van der Waals surface area contributed by atoms with Gasteiger partial charge >= 0.3 is 6.09 Å². The Hall–Kier alpha value is -3.42. The number of nitrogens with one attached hydrogen (secondary N) is 4. The third-order valence-electron chi connectivity index (χ3n) is 6.20. The molecule has 13 heteroatoms. The largest absolute Gasteiger partial charge is 0.444 e. The van der Waals surface area contributed by atoms with E-state index in [1.807, 2.05) is 49.6 Å². The van der Waals surface area contributed by atoms with Crippen LogP contribution >= 0.6 is 23.1 Å². The van der Waals surface area contributed by atoms with E-state index >= 15 is 0 Å². The van der Waals surface area contributed by atoms with Crippen molar-refractivity contribution in [3.05, 3.63) is 65.7 Å². The Morgan fingerprint density at radius 2 is 1.72 bits per heavy atom. The van der Waals surface area contributed by atoms with Crippen LogP contribution in [0.1, 0.15) is 52.3 Å². The summed E-state index contributed by atoms with van der Waals surface area (Å²) in [6, 6.07) is 6.66. The van der Waals surface area contributed by atoms with Gasteiger partial charge < -0.3 is 30.8 Å². The molecule has 3 aromatic rings. The highest BCUT2D eigenvalue weighted by Crippen LogP contribution is 2.23. The Morgan fingerprint density at radius 1 is 1.02 bits per heavy atom. The van der Waals surface area contributed by atoms with Gasteiger partial charge in [-0.25, -0.2) is 14.8 Å². The average molecular weight is 631 g/mol. The van der Waals surface area contributed by atoms with Crippen LogP contribution in [0.4, 0.5) is 4.79 Å². The second kappa shape index (κ2) is 16.4. The van der Waals surface area contributed by atoms with Crippen LogP contribution in [0.5, 0.6) is 0 Å². The molecule has 2 aromatic heterocycles. The smallest absolute Gasteiger partial charge is 0.408 e. The lowest BCUT2D eigenvalue weighted by molar-refractivity contribution is -0.130. The third-order valence-corrected chi connectivity index (χ3v) is 8.26. The van der Waals surface area contributed by atoms with Crippen LogP contribution in [0.2, 0.25) is 0 Å². The number of carbonyl (C=O) groups excluding carboxylic acids is 3. The Morgan fingerprint density at radius 3 is 2.33 bits per heavy atom. The number of aromatic nitrogens is 3. The predicted octanol–water partition coefficient (Wildman–Crippen LogP) is 3.71. The van der Waals surface area contributed by atoms with Gasteiger partial charge in [-0.1, -0.05) is 55.9 Å². The van der Waals surface area contributed by atoms with E-state index in [0.717, 1.165) is 9.90 Å². The van der Waals surface area contributed by atoms with E-state index in [4.69, 9.17) is 4.74 Å². The molecule has 0 saturated carbocycles. The summed E-state index contributed by atoms with van der Waals surface area (Å²) in [5.41, 5.74) is 0.634. The minimum absolute atomic E-state index is 0.101. The third kappa shape index (κ3) is 12.4. The summed E-state index contributed by atoms with van der Waals surface area (Å²) in [6.45, 7) is 9.24. The fourth-order valence-electron chi connectivity index (χ4n) is 4.26. The van der Waals surface area contributed by atoms with Crippen LogP contribution in [-0.2, 0) is 27.2 Å². The highest BCUT2D eigenvalue weighted by atomic mass is 32.2. The lowest BCUT2D eigenvalue weighted by Crippen LogP contribution is -2.57. The van der Waals surface area contributed by atoms with Crippen molar-refractivity contribution in [1.29, 1.82) is 0 Å². The molecule has 0 aliphatic carbocycles. The summed E-state index contributed by atoms with van der Waals surface area (Å²) in [4.78, 5) is 51.4. The number of imidazole rings is 1. The van der Waals surface area contributed by atoms with Crippen LogP contribution in [0.25, 0.3) is 0 Å². The minimum Gasteiger partial charge on any atom is -0.444 e. The normalized spacial score (nSPS) is 14.4. The maximum absolute atomic E-state index is 13.7. The molecule has 0 radical (unpaired) electrons. The van der Waals surface area contributed by atoms with Crippen molar-refractivity contribution >= 4 is 41.0 Å². The van der Waals surface area contributed by atoms with Crippen LogP contribution in [0.15, 0.2) is 58.8 Å². The second-order valence-corrected chi connectivity index (χ2v) is 13.8. The Kier molecular flexibility index (Phi) is 13.0. The van der Waals surface area contributed by atoms with Gasteiger partial charge in [0.2, 0.25) is 11.8 Å². The summed E-state index contributed by atoms with van der Waals surface area (Å²) in [5, 5.41) is 21.4. The number of aliphatic hydroxyl groups is 1. The van der Waals surface area contributed by atoms with E-state index in [2.05, 4.69) is 30.9 Å². The number of alkyl carbamates (subject to hydrolysis) is 1. The lowest BCUT2D eigenvalue weighted by atomic mass is 9.99. The van der Waals surface area contributed by atoms with Gasteiger partial charge in [0.05, 0.1) is 24.2 Å². The quantitative estimate of drug-likeness (QED) is 0.159. The number of thiazole rings is 1. The number of thioether (sulfide) groups is 1. The van der Waals surface area contributed by atoms with Crippen molar-refractivity contribution in [2.45, 2.75) is 88.1 Å². The summed E-state index contributed by atoms with van der Waals surface area (Å²) in [7, 11) is 0. The Labute approximate surface area is 261 Å². The molecule has 1 aromatic carbocycles. The molecular formula is C30H42N6O5S2. The fraction of sp³-hybridized carbons (Fsp3) is 0.500. The SMILES string of the molecule is CC(C)C[C@H](NC(=O)[C@H](Cc1c[nH]cn1)NC(=O)[C@H](Cc1ccccc1)NC(=O)OC(C)(C)C)C(O)CSc1nccs1. The van der Waals surface area contributed by atoms with Gasteiger partial charge in [0, 0.05) is 36.4 Å². The summed E-state index contributed by atoms with van der Waals surface area (Å²) >= 11 is 2.91. The highest BCUT2D eigenvalue weighted by Gasteiger charge is 2.31. The Bertz CT molecular complexity index is 1270. The molecule has 0 aliphatic heterocycles. The van der Waals surface area contributed by atoms with Gasteiger partial charge in [0.15, 0.2) is 0 Å². The predicted molar refractivity (Wildman–Crippen MR) is 168 cm³/mol. The number of aliphatic hydroxyl groups excluding tert-OH is 1. The van der Waals surface area contributed by atoms with E-state index in [9.17, 15) is 19.5 Å². The molecule has 0 spiro atoms. The van der Waals surface area contributed by atoms with Crippen LogP contribution in [0.3, 0.4) is 0 Å². The standard InChI is InChI=1S/C30H42N6O5S2/c1-19(2)13-22(25(37)17-43-29-32-11-12-42-29)34-27(39)24(15-21-16-31-18-33-21)35-26(38)23(14-20-9-7-6-8-10-20)36-28(40)41-30(3,4)5/h6-12,16,18-19,22-25,37H,13-15,17H2,1-5H3,(H,31,33)(H,34,39)(H,35,38)(H,36,40)/t22-,23-,24-,25?/m0/s1. The Balaban J connectivity index is 1.78. The summed E-state index contributed by atoms with van der Waals surface area (Å²) in [6.07, 6.45) is 4.09. The van der Waals surface area contributed by atoms with E-state index in [-0.39, 0.29) is 18.8 Å². The van der Waals surface area contributed by atoms with Gasteiger partial charge in [0.25, 0.3) is 0 Å². The minimum atomic E-state index is -1.03. The zero-order valence-corrected chi connectivity index (χ0v) is 26.8. The number of hydrogen-bond donors (Lipinski definition) is 5. The molecule has 0 fully saturated rings. The number of hydrogen-bond acceptors (Lipinski definition) is 9. The van der Waals surface area contributed by atoms with Crippen LogP contribution in [0, 0.1) is 5.92 Å². The van der Waals surface area contributed by atoms with E-state index in [1.165, 1.54) is 29.4 Å². The number of amides is 3. The first-order valence-electron chi connectivity index (χ1n) is 14.2. The van der Waals surface area contributed by atoms with Crippen molar-refractivity contribution in [3.8, 4) is 0 Å². The van der Waals surface area contributed by atoms with Gasteiger partial charge in [-0.15, -0.1) is 11.3 Å². The van der Waals surface area contributed by atoms with E-state index < -0.39 is 47.7 Å². The van der Waals surface area contributed by atoms with Crippen molar-refractivity contribution < 1.29 is 24.2 Å². The topological polar surface area (TPSA) is 158 Å². The number of ether oxygens (including phenoxy) is 1. The number of nitrogens with zero attached hydrogens (tertiary/aromatic N) is 2. The van der Waals surface area contributed by atoms with E-state index in [0.29, 0.717) is 17.9 Å². The van der Waals surface area contributed by atoms with Gasteiger partial charge in [-0.05, 0) is 38.7 Å². The molecular weight excluding hydrogens is 589 g/mol. The second-order valence-electron chi connectivity index (χ2n) is 11.6. The van der Waals surface area contributed by atoms with Gasteiger partial charge in [-0.3, -0.25) is 9.59 Å². The molecule has 11 nitrogen and oxygen atoms in total. The van der Waals surface area contributed by atoms with Crippen molar-refractivity contribution in [2.24, 2.45) is 5.92 Å². The first-order valence-corrected chi connectivity index (χ1v) is 16.1. The summed E-state index contributed by atoms with van der Waals surface area (Å²) < 4.78 is 6.24. The lowest BCUT2D eigenvalue weighted by Gasteiger charge is -2.29. The fourth-order valence-corrected chi connectivity index (χ4v) is 5.94. The number of H-pyrrole nitrogens is 1. The molecule has 2 heterocycles. The molecule has 5 N–H and O–H groups in total. The average Bonchev–Trinajstić information content (AvgIpc) is 3.64.